The average Bonchev–Trinajstić information content (AvgIpc) is 2.26. The number of rotatable bonds is 4. The normalized spacial score (nSPS) is 9.21. The summed E-state index contributed by atoms with van der Waals surface area (Å²) in [5.41, 5.74) is 0.952. The Balaban J connectivity index is 2.88. The molecule has 0 radical (unpaired) electrons. The topological polar surface area (TPSA) is 42.2 Å². The Morgan fingerprint density at radius 2 is 2.21 bits per heavy atom. The molecule has 0 spiro atoms. The minimum Gasteiger partial charge on any atom is -0.493 e. The molecule has 0 fully saturated rings. The van der Waals surface area contributed by atoms with Gasteiger partial charge in [0.15, 0.2) is 18.1 Å². The predicted octanol–water partition coefficient (Wildman–Crippen LogP) is 2.34. The molecule has 0 saturated heterocycles. The highest BCUT2D eigenvalue weighted by Crippen LogP contribution is 2.28. The van der Waals surface area contributed by atoms with Crippen LogP contribution in [0.5, 0.6) is 11.5 Å². The summed E-state index contributed by atoms with van der Waals surface area (Å²) in [4.78, 5) is 0. The summed E-state index contributed by atoms with van der Waals surface area (Å²) in [6.07, 6.45) is 0. The standard InChI is InChI=1S/C10H10ClNO2/c1-13-10-6-8(7-11)2-3-9(10)14-5-4-12/h2-3,6H,5,7H2,1H3. The maximum absolute atomic E-state index is 8.36. The molecule has 0 heterocycles. The SMILES string of the molecule is COc1cc(CCl)ccc1OCC#N. The van der Waals surface area contributed by atoms with Gasteiger partial charge in [0, 0.05) is 5.88 Å². The largest absolute Gasteiger partial charge is 0.493 e. The van der Waals surface area contributed by atoms with Crippen molar-refractivity contribution in [1.29, 1.82) is 5.26 Å². The van der Waals surface area contributed by atoms with E-state index in [9.17, 15) is 0 Å². The van der Waals surface area contributed by atoms with Crippen molar-refractivity contribution in [3.63, 3.8) is 0 Å². The van der Waals surface area contributed by atoms with Gasteiger partial charge in [0.25, 0.3) is 0 Å². The third-order valence-electron chi connectivity index (χ3n) is 1.67. The fraction of sp³-hybridized carbons (Fsp3) is 0.300. The molecule has 0 bridgehead atoms. The molecule has 0 atom stereocenters. The third-order valence-corrected chi connectivity index (χ3v) is 1.98. The van der Waals surface area contributed by atoms with E-state index in [2.05, 4.69) is 0 Å². The molecule has 0 saturated carbocycles. The zero-order valence-corrected chi connectivity index (χ0v) is 8.54. The lowest BCUT2D eigenvalue weighted by molar-refractivity contribution is 0.329. The summed E-state index contributed by atoms with van der Waals surface area (Å²) in [5.74, 6) is 1.58. The molecule has 1 rings (SSSR count). The molecule has 3 nitrogen and oxygen atoms in total. The summed E-state index contributed by atoms with van der Waals surface area (Å²) in [7, 11) is 1.55. The zero-order valence-electron chi connectivity index (χ0n) is 7.79. The molecular formula is C10H10ClNO2. The van der Waals surface area contributed by atoms with E-state index in [1.807, 2.05) is 12.1 Å². The molecule has 1 aromatic carbocycles. The van der Waals surface area contributed by atoms with E-state index in [0.717, 1.165) is 5.56 Å². The summed E-state index contributed by atoms with van der Waals surface area (Å²) in [6.45, 7) is 0.0105. The van der Waals surface area contributed by atoms with Gasteiger partial charge in [-0.05, 0) is 17.7 Å². The van der Waals surface area contributed by atoms with Crippen molar-refractivity contribution in [3.05, 3.63) is 23.8 Å². The van der Waals surface area contributed by atoms with Crippen LogP contribution in [0.3, 0.4) is 0 Å². The average molecular weight is 212 g/mol. The molecule has 0 aliphatic carbocycles. The minimum absolute atomic E-state index is 0.0105. The number of halogens is 1. The van der Waals surface area contributed by atoms with Crippen LogP contribution in [-0.4, -0.2) is 13.7 Å². The first-order chi connectivity index (χ1) is 6.81. The smallest absolute Gasteiger partial charge is 0.174 e. The Labute approximate surface area is 87.8 Å². The highest BCUT2D eigenvalue weighted by molar-refractivity contribution is 6.17. The first kappa shape index (κ1) is 10.7. The predicted molar refractivity (Wildman–Crippen MR) is 53.7 cm³/mol. The Morgan fingerprint density at radius 1 is 1.43 bits per heavy atom. The summed E-state index contributed by atoms with van der Waals surface area (Å²) >= 11 is 5.66. The highest BCUT2D eigenvalue weighted by atomic mass is 35.5. The van der Waals surface area contributed by atoms with E-state index in [0.29, 0.717) is 17.4 Å². The van der Waals surface area contributed by atoms with Crippen LogP contribution in [0.25, 0.3) is 0 Å². The van der Waals surface area contributed by atoms with Gasteiger partial charge in [0.1, 0.15) is 6.07 Å². The van der Waals surface area contributed by atoms with E-state index in [1.165, 1.54) is 0 Å². The van der Waals surface area contributed by atoms with Crippen molar-refractivity contribution < 1.29 is 9.47 Å². The van der Waals surface area contributed by atoms with E-state index in [4.69, 9.17) is 26.3 Å². The van der Waals surface area contributed by atoms with Crippen molar-refractivity contribution in [3.8, 4) is 17.6 Å². The molecular weight excluding hydrogens is 202 g/mol. The van der Waals surface area contributed by atoms with E-state index in [1.54, 1.807) is 19.2 Å². The van der Waals surface area contributed by atoms with Crippen LogP contribution >= 0.6 is 11.6 Å². The summed E-state index contributed by atoms with van der Waals surface area (Å²) in [5, 5.41) is 8.36. The summed E-state index contributed by atoms with van der Waals surface area (Å²) in [6, 6.07) is 7.26. The Kier molecular flexibility index (Phi) is 4.09. The first-order valence-corrected chi connectivity index (χ1v) is 4.58. The van der Waals surface area contributed by atoms with Gasteiger partial charge in [-0.2, -0.15) is 5.26 Å². The van der Waals surface area contributed by atoms with Gasteiger partial charge < -0.3 is 9.47 Å². The fourth-order valence-electron chi connectivity index (χ4n) is 1.02. The van der Waals surface area contributed by atoms with Crippen molar-refractivity contribution in [2.75, 3.05) is 13.7 Å². The lowest BCUT2D eigenvalue weighted by atomic mass is 10.2. The Hall–Kier alpha value is -1.40. The minimum atomic E-state index is 0.0105. The number of alkyl halides is 1. The van der Waals surface area contributed by atoms with Crippen LogP contribution in [0.2, 0.25) is 0 Å². The Morgan fingerprint density at radius 3 is 2.79 bits per heavy atom. The molecule has 0 aromatic heterocycles. The second kappa shape index (κ2) is 5.36. The van der Waals surface area contributed by atoms with Crippen molar-refractivity contribution in [2.45, 2.75) is 5.88 Å². The summed E-state index contributed by atoms with van der Waals surface area (Å²) < 4.78 is 10.2. The number of hydrogen-bond acceptors (Lipinski definition) is 3. The van der Waals surface area contributed by atoms with Crippen LogP contribution in [0.1, 0.15) is 5.56 Å². The van der Waals surface area contributed by atoms with Crippen molar-refractivity contribution in [2.24, 2.45) is 0 Å². The first-order valence-electron chi connectivity index (χ1n) is 4.04. The van der Waals surface area contributed by atoms with Crippen LogP contribution in [0, 0.1) is 11.3 Å². The van der Waals surface area contributed by atoms with E-state index in [-0.39, 0.29) is 6.61 Å². The van der Waals surface area contributed by atoms with Gasteiger partial charge in [-0.15, -0.1) is 11.6 Å². The number of hydrogen-bond donors (Lipinski definition) is 0. The second-order valence-electron chi connectivity index (χ2n) is 2.57. The number of ether oxygens (including phenoxy) is 2. The third kappa shape index (κ3) is 2.54. The van der Waals surface area contributed by atoms with Gasteiger partial charge in [-0.25, -0.2) is 0 Å². The van der Waals surface area contributed by atoms with E-state index < -0.39 is 0 Å². The second-order valence-corrected chi connectivity index (χ2v) is 2.83. The van der Waals surface area contributed by atoms with Gasteiger partial charge in [0.05, 0.1) is 7.11 Å². The van der Waals surface area contributed by atoms with E-state index >= 15 is 0 Å². The lowest BCUT2D eigenvalue weighted by Crippen LogP contribution is -1.97. The van der Waals surface area contributed by atoms with Gasteiger partial charge in [-0.3, -0.25) is 0 Å². The number of nitriles is 1. The zero-order chi connectivity index (χ0) is 10.4. The maximum Gasteiger partial charge on any atom is 0.174 e. The molecule has 4 heteroatoms. The van der Waals surface area contributed by atoms with Crippen molar-refractivity contribution >= 4 is 11.6 Å². The van der Waals surface area contributed by atoms with Gasteiger partial charge in [-0.1, -0.05) is 6.07 Å². The van der Waals surface area contributed by atoms with Crippen LogP contribution in [-0.2, 0) is 5.88 Å². The molecule has 0 amide bonds. The molecule has 0 aliphatic rings. The molecule has 1 aromatic rings. The van der Waals surface area contributed by atoms with Crippen LogP contribution in [0.15, 0.2) is 18.2 Å². The number of nitrogens with zero attached hydrogens (tertiary/aromatic N) is 1. The van der Waals surface area contributed by atoms with Gasteiger partial charge >= 0.3 is 0 Å². The van der Waals surface area contributed by atoms with Crippen LogP contribution in [0.4, 0.5) is 0 Å². The molecule has 0 aliphatic heterocycles. The van der Waals surface area contributed by atoms with Crippen molar-refractivity contribution in [1.82, 2.24) is 0 Å². The number of benzene rings is 1. The monoisotopic (exact) mass is 211 g/mol. The van der Waals surface area contributed by atoms with Crippen LogP contribution < -0.4 is 9.47 Å². The highest BCUT2D eigenvalue weighted by Gasteiger charge is 2.04. The molecule has 14 heavy (non-hydrogen) atoms. The molecule has 0 N–H and O–H groups in total. The Bertz CT molecular complexity index is 346. The maximum atomic E-state index is 8.36. The molecule has 0 unspecified atom stereocenters. The lowest BCUT2D eigenvalue weighted by Gasteiger charge is -2.08. The number of methoxy groups -OCH3 is 1. The van der Waals surface area contributed by atoms with Gasteiger partial charge in [0.2, 0.25) is 0 Å². The quantitative estimate of drug-likeness (QED) is 0.718. The molecule has 74 valence electrons. The fourth-order valence-corrected chi connectivity index (χ4v) is 1.19.